The van der Waals surface area contributed by atoms with Crippen LogP contribution >= 0.6 is 0 Å². The number of carbonyl (C=O) groups excluding carboxylic acids is 2. The summed E-state index contributed by atoms with van der Waals surface area (Å²) in [5.74, 6) is -1.41. The second kappa shape index (κ2) is 3.96. The zero-order chi connectivity index (χ0) is 14.9. The maximum absolute atomic E-state index is 11.9. The molecule has 1 N–H and O–H groups in total. The van der Waals surface area contributed by atoms with Crippen LogP contribution in [-0.4, -0.2) is 47.1 Å². The molecule has 0 aromatic heterocycles. The molecular weight excluding hydrogens is 276 g/mol. The summed E-state index contributed by atoms with van der Waals surface area (Å²) in [7, 11) is 0. The van der Waals surface area contributed by atoms with Crippen molar-refractivity contribution in [2.24, 2.45) is 5.92 Å². The van der Waals surface area contributed by atoms with E-state index >= 15 is 0 Å². The molecule has 6 atom stereocenters. The van der Waals surface area contributed by atoms with Gasteiger partial charge in [-0.3, -0.25) is 0 Å². The van der Waals surface area contributed by atoms with Gasteiger partial charge in [-0.25, -0.2) is 9.59 Å². The van der Waals surface area contributed by atoms with Crippen LogP contribution in [0.15, 0.2) is 23.8 Å². The van der Waals surface area contributed by atoms with Crippen molar-refractivity contribution in [2.75, 3.05) is 0 Å². The number of aliphatic hydroxyl groups is 1. The van der Waals surface area contributed by atoms with E-state index in [2.05, 4.69) is 6.58 Å². The lowest BCUT2D eigenvalue weighted by atomic mass is 9.83. The maximum Gasteiger partial charge on any atom is 0.337 e. The summed E-state index contributed by atoms with van der Waals surface area (Å²) >= 11 is 0. The normalized spacial score (nSPS) is 48.0. The van der Waals surface area contributed by atoms with E-state index in [1.807, 2.05) is 6.92 Å². The van der Waals surface area contributed by atoms with Crippen LogP contribution in [0.4, 0.5) is 0 Å². The third-order valence-corrected chi connectivity index (χ3v) is 4.94. The molecule has 3 aliphatic heterocycles. The number of aliphatic hydroxyl groups excluding tert-OH is 1. The zero-order valence-corrected chi connectivity index (χ0v) is 11.6. The lowest BCUT2D eigenvalue weighted by Crippen LogP contribution is -2.33. The predicted molar refractivity (Wildman–Crippen MR) is 69.0 cm³/mol. The van der Waals surface area contributed by atoms with E-state index in [-0.39, 0.29) is 11.7 Å². The SMILES string of the molecule is C=C1C(=O)O[C@H]2C[C@@]3(C)O[C@@H]3C[C@H](O)C3=C[C@@H](OC3=O)[C@H]12. The summed E-state index contributed by atoms with van der Waals surface area (Å²) in [5, 5.41) is 10.2. The first-order valence-electron chi connectivity index (χ1n) is 7.07. The second-order valence-corrected chi connectivity index (χ2v) is 6.36. The van der Waals surface area contributed by atoms with Crippen molar-refractivity contribution in [3.63, 3.8) is 0 Å². The smallest absolute Gasteiger partial charge is 0.337 e. The Balaban J connectivity index is 1.75. The highest BCUT2D eigenvalue weighted by molar-refractivity contribution is 5.94. The number of epoxide rings is 1. The lowest BCUT2D eigenvalue weighted by molar-refractivity contribution is -0.143. The summed E-state index contributed by atoms with van der Waals surface area (Å²) < 4.78 is 16.4. The van der Waals surface area contributed by atoms with Crippen molar-refractivity contribution in [3.8, 4) is 0 Å². The van der Waals surface area contributed by atoms with Gasteiger partial charge in [0.25, 0.3) is 0 Å². The molecule has 6 nitrogen and oxygen atoms in total. The molecular formula is C15H16O6. The Labute approximate surface area is 121 Å². The molecule has 21 heavy (non-hydrogen) atoms. The molecule has 2 saturated heterocycles. The first-order chi connectivity index (χ1) is 9.89. The van der Waals surface area contributed by atoms with Crippen LogP contribution in [0.25, 0.3) is 0 Å². The summed E-state index contributed by atoms with van der Waals surface area (Å²) in [6.07, 6.45) is 0.383. The van der Waals surface area contributed by atoms with E-state index in [1.54, 1.807) is 6.08 Å². The second-order valence-electron chi connectivity index (χ2n) is 6.36. The molecule has 0 aromatic carbocycles. The number of hydrogen-bond donors (Lipinski definition) is 1. The molecule has 2 bridgehead atoms. The van der Waals surface area contributed by atoms with Gasteiger partial charge < -0.3 is 19.3 Å². The van der Waals surface area contributed by atoms with E-state index in [0.717, 1.165) is 0 Å². The molecule has 0 radical (unpaired) electrons. The minimum atomic E-state index is -0.905. The Kier molecular flexibility index (Phi) is 2.45. The molecule has 112 valence electrons. The topological polar surface area (TPSA) is 85.4 Å². The summed E-state index contributed by atoms with van der Waals surface area (Å²) in [4.78, 5) is 23.7. The Morgan fingerprint density at radius 2 is 2.10 bits per heavy atom. The first kappa shape index (κ1) is 13.0. The summed E-state index contributed by atoms with van der Waals surface area (Å²) in [6, 6.07) is 0. The highest BCUT2D eigenvalue weighted by Crippen LogP contribution is 2.49. The number of carbonyl (C=O) groups is 2. The van der Waals surface area contributed by atoms with Crippen LogP contribution in [-0.2, 0) is 23.8 Å². The summed E-state index contributed by atoms with van der Waals surface area (Å²) in [5.41, 5.74) is 0.117. The Hall–Kier alpha value is -1.66. The number of fused-ring (bicyclic) bond motifs is 4. The molecule has 4 rings (SSSR count). The number of rotatable bonds is 0. The van der Waals surface area contributed by atoms with E-state index in [0.29, 0.717) is 18.4 Å². The van der Waals surface area contributed by atoms with Crippen LogP contribution in [0.1, 0.15) is 19.8 Å². The summed E-state index contributed by atoms with van der Waals surface area (Å²) in [6.45, 7) is 5.70. The third-order valence-electron chi connectivity index (χ3n) is 4.94. The van der Waals surface area contributed by atoms with E-state index < -0.39 is 41.8 Å². The number of hydrogen-bond acceptors (Lipinski definition) is 6. The van der Waals surface area contributed by atoms with Crippen molar-refractivity contribution < 1.29 is 28.9 Å². The van der Waals surface area contributed by atoms with Gasteiger partial charge in [-0.15, -0.1) is 0 Å². The standard InChI is InChI=1S/C15H16O6/c1-6-12-9-3-7(14(18)19-9)8(16)4-11-15(2,21-11)5-10(12)20-13(6)17/h3,8-12,16H,1,4-5H2,2H3/t8-,9+,10-,11+,12-,15+/m0/s1. The fourth-order valence-corrected chi connectivity index (χ4v) is 3.62. The largest absolute Gasteiger partial charge is 0.458 e. The van der Waals surface area contributed by atoms with Crippen LogP contribution < -0.4 is 0 Å². The highest BCUT2D eigenvalue weighted by atomic mass is 16.6. The minimum Gasteiger partial charge on any atom is -0.458 e. The molecule has 0 saturated carbocycles. The average Bonchev–Trinajstić information content (AvgIpc) is 2.73. The fourth-order valence-electron chi connectivity index (χ4n) is 3.62. The van der Waals surface area contributed by atoms with Crippen molar-refractivity contribution in [2.45, 2.75) is 49.8 Å². The average molecular weight is 292 g/mol. The monoisotopic (exact) mass is 292 g/mol. The third kappa shape index (κ3) is 1.79. The molecule has 1 aliphatic carbocycles. The zero-order valence-electron chi connectivity index (χ0n) is 11.6. The van der Waals surface area contributed by atoms with Crippen molar-refractivity contribution in [1.82, 2.24) is 0 Å². The van der Waals surface area contributed by atoms with Gasteiger partial charge in [-0.1, -0.05) is 6.58 Å². The van der Waals surface area contributed by atoms with Gasteiger partial charge in [-0.2, -0.15) is 0 Å². The van der Waals surface area contributed by atoms with Gasteiger partial charge in [0.1, 0.15) is 12.2 Å². The Morgan fingerprint density at radius 1 is 1.33 bits per heavy atom. The molecule has 0 spiro atoms. The Morgan fingerprint density at radius 3 is 2.86 bits per heavy atom. The molecule has 0 aromatic rings. The Bertz CT molecular complexity index is 593. The van der Waals surface area contributed by atoms with E-state index in [4.69, 9.17) is 14.2 Å². The van der Waals surface area contributed by atoms with Gasteiger partial charge in [-0.05, 0) is 13.0 Å². The maximum atomic E-state index is 11.9. The van der Waals surface area contributed by atoms with Gasteiger partial charge in [0.15, 0.2) is 0 Å². The van der Waals surface area contributed by atoms with Crippen molar-refractivity contribution in [3.05, 3.63) is 23.8 Å². The van der Waals surface area contributed by atoms with Gasteiger partial charge in [0, 0.05) is 18.4 Å². The highest BCUT2D eigenvalue weighted by Gasteiger charge is 2.59. The van der Waals surface area contributed by atoms with Crippen LogP contribution in [0, 0.1) is 5.92 Å². The quantitative estimate of drug-likeness (QED) is 0.391. The van der Waals surface area contributed by atoms with Crippen LogP contribution in [0.2, 0.25) is 0 Å². The van der Waals surface area contributed by atoms with Gasteiger partial charge in [0.05, 0.1) is 29.3 Å². The van der Waals surface area contributed by atoms with E-state index in [9.17, 15) is 14.7 Å². The van der Waals surface area contributed by atoms with Crippen LogP contribution in [0.5, 0.6) is 0 Å². The lowest BCUT2D eigenvalue weighted by Gasteiger charge is -2.23. The molecule has 0 unspecified atom stereocenters. The molecule has 0 amide bonds. The number of esters is 2. The molecule has 4 aliphatic rings. The van der Waals surface area contributed by atoms with Gasteiger partial charge >= 0.3 is 11.9 Å². The van der Waals surface area contributed by atoms with Crippen LogP contribution in [0.3, 0.4) is 0 Å². The predicted octanol–water partition coefficient (Wildman–Crippen LogP) is 0.248. The minimum absolute atomic E-state index is 0.147. The van der Waals surface area contributed by atoms with Crippen molar-refractivity contribution in [1.29, 1.82) is 0 Å². The first-order valence-corrected chi connectivity index (χ1v) is 7.07. The molecule has 6 heteroatoms. The van der Waals surface area contributed by atoms with Gasteiger partial charge in [0.2, 0.25) is 0 Å². The fraction of sp³-hybridized carbons (Fsp3) is 0.600. The number of ether oxygens (including phenoxy) is 3. The van der Waals surface area contributed by atoms with E-state index in [1.165, 1.54) is 0 Å². The molecule has 3 heterocycles. The molecule has 2 fully saturated rings. The van der Waals surface area contributed by atoms with Crippen molar-refractivity contribution >= 4 is 11.9 Å².